The molecule has 0 bridgehead atoms. The summed E-state index contributed by atoms with van der Waals surface area (Å²) in [7, 11) is -3.10. The van der Waals surface area contributed by atoms with Gasteiger partial charge < -0.3 is 4.74 Å². The molecule has 0 N–H and O–H groups in total. The minimum atomic E-state index is -3.10. The molecule has 1 atom stereocenters. The van der Waals surface area contributed by atoms with Crippen LogP contribution in [0.2, 0.25) is 0 Å². The lowest BCUT2D eigenvalue weighted by molar-refractivity contribution is 0.0389. The van der Waals surface area contributed by atoms with Gasteiger partial charge in [0.2, 0.25) is 10.0 Å². The van der Waals surface area contributed by atoms with Crippen molar-refractivity contribution in [1.82, 2.24) is 4.31 Å². The van der Waals surface area contributed by atoms with Crippen LogP contribution in [0.5, 0.6) is 0 Å². The Morgan fingerprint density at radius 3 is 2.54 bits per heavy atom. The second kappa shape index (κ2) is 3.94. The topological polar surface area (TPSA) is 46.6 Å². The van der Waals surface area contributed by atoms with Gasteiger partial charge in [-0.15, -0.1) is 0 Å². The van der Waals surface area contributed by atoms with E-state index in [1.54, 1.807) is 18.2 Å². The van der Waals surface area contributed by atoms with Crippen molar-refractivity contribution in [2.45, 2.75) is 32.1 Å². The summed E-state index contributed by atoms with van der Waals surface area (Å²) in [6.07, 6.45) is 0. The maximum absolute atomic E-state index is 11.8. The molecule has 5 heteroatoms. The first kappa shape index (κ1) is 10.9. The van der Waals surface area contributed by atoms with Crippen LogP contribution in [0.1, 0.15) is 20.8 Å². The Hall–Kier alpha value is -0.130. The number of nitrogens with zero attached hydrogens (tertiary/aromatic N) is 1. The van der Waals surface area contributed by atoms with E-state index in [-0.39, 0.29) is 11.3 Å². The molecule has 0 aromatic rings. The molecule has 0 amide bonds. The largest absolute Gasteiger partial charge is 0.378 e. The second-order valence-electron chi connectivity index (χ2n) is 3.63. The van der Waals surface area contributed by atoms with Crippen molar-refractivity contribution in [3.63, 3.8) is 0 Å². The Kier molecular flexibility index (Phi) is 3.32. The second-order valence-corrected chi connectivity index (χ2v) is 6.07. The number of hydrogen-bond acceptors (Lipinski definition) is 3. The SMILES string of the molecule is CC1COCCN1S(=O)(=O)C(C)C. The molecule has 0 aromatic carbocycles. The fourth-order valence-corrected chi connectivity index (χ4v) is 2.79. The third kappa shape index (κ3) is 2.21. The summed E-state index contributed by atoms with van der Waals surface area (Å²) in [6.45, 7) is 6.79. The van der Waals surface area contributed by atoms with E-state index in [1.807, 2.05) is 6.92 Å². The summed E-state index contributed by atoms with van der Waals surface area (Å²) in [5.74, 6) is 0. The zero-order valence-electron chi connectivity index (χ0n) is 8.36. The van der Waals surface area contributed by atoms with Crippen LogP contribution >= 0.6 is 0 Å². The maximum Gasteiger partial charge on any atom is 0.216 e. The molecule has 1 unspecified atom stereocenters. The Labute approximate surface area is 79.9 Å². The Morgan fingerprint density at radius 1 is 1.46 bits per heavy atom. The zero-order valence-corrected chi connectivity index (χ0v) is 9.17. The number of rotatable bonds is 2. The lowest BCUT2D eigenvalue weighted by Gasteiger charge is -2.33. The molecule has 1 saturated heterocycles. The van der Waals surface area contributed by atoms with Crippen LogP contribution in [0.3, 0.4) is 0 Å². The quantitative estimate of drug-likeness (QED) is 0.660. The Balaban J connectivity index is 2.80. The van der Waals surface area contributed by atoms with Crippen molar-refractivity contribution >= 4 is 10.0 Å². The molecule has 1 heterocycles. The summed E-state index contributed by atoms with van der Waals surface area (Å²) in [6, 6.07) is -0.0267. The standard InChI is InChI=1S/C8H17NO3S/c1-7(2)13(10,11)9-4-5-12-6-8(9)3/h7-8H,4-6H2,1-3H3. The minimum absolute atomic E-state index is 0.0267. The number of ether oxygens (including phenoxy) is 1. The molecule has 1 rings (SSSR count). The van der Waals surface area contributed by atoms with Gasteiger partial charge in [-0.3, -0.25) is 0 Å². The van der Waals surface area contributed by atoms with E-state index >= 15 is 0 Å². The smallest absolute Gasteiger partial charge is 0.216 e. The van der Waals surface area contributed by atoms with Gasteiger partial charge in [0.1, 0.15) is 0 Å². The van der Waals surface area contributed by atoms with Crippen LogP contribution in [-0.4, -0.2) is 43.8 Å². The summed E-state index contributed by atoms with van der Waals surface area (Å²) in [5.41, 5.74) is 0. The van der Waals surface area contributed by atoms with Crippen molar-refractivity contribution in [2.24, 2.45) is 0 Å². The van der Waals surface area contributed by atoms with Crippen LogP contribution in [-0.2, 0) is 14.8 Å². The fourth-order valence-electron chi connectivity index (χ4n) is 1.36. The number of morpholine rings is 1. The molecule has 0 aromatic heterocycles. The van der Waals surface area contributed by atoms with E-state index in [0.717, 1.165) is 0 Å². The Bertz CT molecular complexity index is 261. The van der Waals surface area contributed by atoms with Gasteiger partial charge in [0.05, 0.1) is 18.5 Å². The minimum Gasteiger partial charge on any atom is -0.378 e. The normalized spacial score (nSPS) is 26.6. The molecule has 1 aliphatic heterocycles. The molecular weight excluding hydrogens is 190 g/mol. The molecular formula is C8H17NO3S. The van der Waals surface area contributed by atoms with Crippen LogP contribution in [0, 0.1) is 0 Å². The van der Waals surface area contributed by atoms with Gasteiger partial charge in [-0.05, 0) is 20.8 Å². The average Bonchev–Trinajstić information content (AvgIpc) is 2.04. The monoisotopic (exact) mass is 207 g/mol. The highest BCUT2D eigenvalue weighted by Crippen LogP contribution is 2.15. The first-order chi connectivity index (χ1) is 5.96. The lowest BCUT2D eigenvalue weighted by Crippen LogP contribution is -2.49. The van der Waals surface area contributed by atoms with Crippen LogP contribution < -0.4 is 0 Å². The highest BCUT2D eigenvalue weighted by molar-refractivity contribution is 7.89. The first-order valence-electron chi connectivity index (χ1n) is 4.54. The molecule has 0 radical (unpaired) electrons. The van der Waals surface area contributed by atoms with Gasteiger partial charge >= 0.3 is 0 Å². The molecule has 13 heavy (non-hydrogen) atoms. The van der Waals surface area contributed by atoms with Crippen LogP contribution in [0.4, 0.5) is 0 Å². The van der Waals surface area contributed by atoms with E-state index in [2.05, 4.69) is 0 Å². The van der Waals surface area contributed by atoms with E-state index in [4.69, 9.17) is 4.74 Å². The van der Waals surface area contributed by atoms with E-state index in [9.17, 15) is 8.42 Å². The summed E-state index contributed by atoms with van der Waals surface area (Å²) in [4.78, 5) is 0. The van der Waals surface area contributed by atoms with Crippen molar-refractivity contribution in [2.75, 3.05) is 19.8 Å². The van der Waals surface area contributed by atoms with Gasteiger partial charge in [0.15, 0.2) is 0 Å². The highest BCUT2D eigenvalue weighted by Gasteiger charge is 2.31. The average molecular weight is 207 g/mol. The fraction of sp³-hybridized carbons (Fsp3) is 1.00. The zero-order chi connectivity index (χ0) is 10.1. The highest BCUT2D eigenvalue weighted by atomic mass is 32.2. The third-order valence-electron chi connectivity index (χ3n) is 2.23. The summed E-state index contributed by atoms with van der Waals surface area (Å²) < 4.78 is 30.3. The van der Waals surface area contributed by atoms with Crippen molar-refractivity contribution < 1.29 is 13.2 Å². The van der Waals surface area contributed by atoms with Crippen LogP contribution in [0.15, 0.2) is 0 Å². The molecule has 1 aliphatic rings. The number of hydrogen-bond donors (Lipinski definition) is 0. The summed E-state index contributed by atoms with van der Waals surface area (Å²) in [5, 5.41) is -0.340. The van der Waals surface area contributed by atoms with Crippen molar-refractivity contribution in [3.05, 3.63) is 0 Å². The van der Waals surface area contributed by atoms with Gasteiger partial charge in [-0.25, -0.2) is 8.42 Å². The Morgan fingerprint density at radius 2 is 2.08 bits per heavy atom. The predicted molar refractivity (Wildman–Crippen MR) is 51.0 cm³/mol. The van der Waals surface area contributed by atoms with Crippen molar-refractivity contribution in [3.8, 4) is 0 Å². The van der Waals surface area contributed by atoms with Gasteiger partial charge in [0, 0.05) is 12.6 Å². The molecule has 1 fully saturated rings. The van der Waals surface area contributed by atoms with Crippen molar-refractivity contribution in [1.29, 1.82) is 0 Å². The molecule has 0 aliphatic carbocycles. The number of sulfonamides is 1. The van der Waals surface area contributed by atoms with Gasteiger partial charge in [-0.1, -0.05) is 0 Å². The third-order valence-corrected chi connectivity index (χ3v) is 4.62. The molecule has 0 saturated carbocycles. The van der Waals surface area contributed by atoms with Gasteiger partial charge in [-0.2, -0.15) is 4.31 Å². The maximum atomic E-state index is 11.8. The first-order valence-corrected chi connectivity index (χ1v) is 6.05. The predicted octanol–water partition coefficient (Wildman–Crippen LogP) is 0.445. The van der Waals surface area contributed by atoms with E-state index in [0.29, 0.717) is 19.8 Å². The summed E-state index contributed by atoms with van der Waals surface area (Å²) >= 11 is 0. The van der Waals surface area contributed by atoms with E-state index in [1.165, 1.54) is 0 Å². The molecule has 0 spiro atoms. The van der Waals surface area contributed by atoms with Crippen LogP contribution in [0.25, 0.3) is 0 Å². The van der Waals surface area contributed by atoms with E-state index < -0.39 is 10.0 Å². The molecule has 4 nitrogen and oxygen atoms in total. The molecule has 78 valence electrons. The lowest BCUT2D eigenvalue weighted by atomic mass is 10.3. The van der Waals surface area contributed by atoms with Gasteiger partial charge in [0.25, 0.3) is 0 Å².